The van der Waals surface area contributed by atoms with E-state index in [0.29, 0.717) is 8.60 Å². The molecule has 14 heteroatoms. The van der Waals surface area contributed by atoms with Crippen LogP contribution in [0.5, 0.6) is 17.5 Å². The van der Waals surface area contributed by atoms with E-state index in [4.69, 9.17) is 16.3 Å². The van der Waals surface area contributed by atoms with E-state index in [1.807, 2.05) is 22.6 Å². The minimum Gasteiger partial charge on any atom is -0.425 e. The lowest BCUT2D eigenvalue weighted by molar-refractivity contribution is -0.274. The van der Waals surface area contributed by atoms with Crippen LogP contribution in [0.1, 0.15) is 5.56 Å². The van der Waals surface area contributed by atoms with Gasteiger partial charge < -0.3 is 9.47 Å². The monoisotopic (exact) mass is 673 g/mol. The third-order valence-electron chi connectivity index (χ3n) is 5.41. The van der Waals surface area contributed by atoms with Crippen LogP contribution < -0.4 is 20.7 Å². The van der Waals surface area contributed by atoms with Crippen molar-refractivity contribution in [2.45, 2.75) is 19.5 Å². The Morgan fingerprint density at radius 2 is 1.82 bits per heavy atom. The minimum atomic E-state index is -4.89. The number of aromatic nitrogens is 4. The third-order valence-corrected chi connectivity index (χ3v) is 6.37. The van der Waals surface area contributed by atoms with Gasteiger partial charge in [0.05, 0.1) is 13.1 Å². The number of rotatable bonds is 8. The molecule has 204 valence electrons. The number of nitrogens with zero attached hydrogens (tertiary/aromatic N) is 5. The van der Waals surface area contributed by atoms with E-state index in [2.05, 4.69) is 14.7 Å². The lowest BCUT2D eigenvalue weighted by Crippen LogP contribution is -2.39. The largest absolute Gasteiger partial charge is 0.573 e. The van der Waals surface area contributed by atoms with Gasteiger partial charge in [0.2, 0.25) is 0 Å². The number of benzene rings is 2. The number of hydrogen-bond acceptors (Lipinski definition) is 6. The second-order valence-corrected chi connectivity index (χ2v) is 9.98. The number of imidazole rings is 1. The van der Waals surface area contributed by atoms with Gasteiger partial charge in [-0.2, -0.15) is 4.98 Å². The maximum atomic E-state index is 13.7. The molecule has 0 fully saturated rings. The van der Waals surface area contributed by atoms with Gasteiger partial charge in [-0.1, -0.05) is 29.8 Å². The highest BCUT2D eigenvalue weighted by molar-refractivity contribution is 14.1. The highest BCUT2D eigenvalue weighted by Gasteiger charge is 2.31. The molecule has 0 atom stereocenters. The smallest absolute Gasteiger partial charge is 0.425 e. The van der Waals surface area contributed by atoms with Crippen LogP contribution in [0.2, 0.25) is 5.02 Å². The average Bonchev–Trinajstić information content (AvgIpc) is 3.22. The summed E-state index contributed by atoms with van der Waals surface area (Å²) in [4.78, 5) is 35.0. The number of alkyl halides is 3. The summed E-state index contributed by atoms with van der Waals surface area (Å²) in [5.41, 5.74) is -0.382. The SMILES string of the molecule is C/N=C\C=C(/I)Cn1c(=O)c2c(nc(Oc3cccc(OC(F)(F)F)c3)n2Cc2ccc(Cl)cc2)n(C)c1=O. The zero-order valence-corrected chi connectivity index (χ0v) is 23.4. The first kappa shape index (κ1) is 28.4. The lowest BCUT2D eigenvalue weighted by atomic mass is 10.2. The van der Waals surface area contributed by atoms with E-state index in [1.165, 1.54) is 28.3 Å². The summed E-state index contributed by atoms with van der Waals surface area (Å²) < 4.78 is 52.4. The Labute approximate surface area is 237 Å². The van der Waals surface area contributed by atoms with Gasteiger partial charge in [-0.25, -0.2) is 4.79 Å². The number of aliphatic imine (C=N–C) groups is 1. The molecule has 4 rings (SSSR count). The maximum absolute atomic E-state index is 13.7. The molecule has 0 amide bonds. The number of aryl methyl sites for hydroxylation is 1. The average molecular weight is 674 g/mol. The van der Waals surface area contributed by atoms with E-state index in [1.54, 1.807) is 43.6 Å². The first-order valence-electron chi connectivity index (χ1n) is 11.2. The van der Waals surface area contributed by atoms with Crippen molar-refractivity contribution in [3.63, 3.8) is 0 Å². The predicted molar refractivity (Wildman–Crippen MR) is 150 cm³/mol. The van der Waals surface area contributed by atoms with Crippen molar-refractivity contribution in [3.8, 4) is 17.5 Å². The van der Waals surface area contributed by atoms with Crippen molar-refractivity contribution in [3.05, 3.63) is 89.6 Å². The fourth-order valence-electron chi connectivity index (χ4n) is 3.69. The van der Waals surface area contributed by atoms with Crippen molar-refractivity contribution in [2.24, 2.45) is 12.0 Å². The molecule has 39 heavy (non-hydrogen) atoms. The first-order valence-corrected chi connectivity index (χ1v) is 12.7. The Kier molecular flexibility index (Phi) is 8.49. The molecule has 2 heterocycles. The molecule has 2 aromatic heterocycles. The standard InChI is InChI=1S/C25H20ClF3IN5O4/c1-31-11-10-17(30)14-35-22(36)20-21(33(2)24(35)37)32-23(34(20)13-15-6-8-16(26)9-7-15)38-18-4-3-5-19(12-18)39-25(27,28)29/h3-12H,13-14H2,1-2H3/b17-10-,31-11-. The van der Waals surface area contributed by atoms with Gasteiger partial charge >= 0.3 is 18.1 Å². The van der Waals surface area contributed by atoms with E-state index in [9.17, 15) is 22.8 Å². The lowest BCUT2D eigenvalue weighted by Gasteiger charge is -2.12. The molecule has 0 aliphatic carbocycles. The predicted octanol–water partition coefficient (Wildman–Crippen LogP) is 5.31. The summed E-state index contributed by atoms with van der Waals surface area (Å²) in [5.74, 6) is -0.516. The highest BCUT2D eigenvalue weighted by Crippen LogP contribution is 2.30. The van der Waals surface area contributed by atoms with Gasteiger partial charge in [0.15, 0.2) is 11.2 Å². The Bertz CT molecular complexity index is 1690. The van der Waals surface area contributed by atoms with Gasteiger partial charge in [-0.3, -0.25) is 23.5 Å². The zero-order chi connectivity index (χ0) is 28.3. The molecule has 0 saturated heterocycles. The summed E-state index contributed by atoms with van der Waals surface area (Å²) in [6, 6.07) is 11.6. The summed E-state index contributed by atoms with van der Waals surface area (Å²) >= 11 is 8.02. The van der Waals surface area contributed by atoms with E-state index >= 15 is 0 Å². The number of halogens is 5. The number of allylic oxidation sites excluding steroid dienone is 2. The van der Waals surface area contributed by atoms with Gasteiger partial charge in [-0.15, -0.1) is 13.2 Å². The molecule has 0 bridgehead atoms. The van der Waals surface area contributed by atoms with Crippen LogP contribution in [0.4, 0.5) is 13.2 Å². The molecule has 4 aromatic rings. The molecular formula is C25H20ClF3IN5O4. The van der Waals surface area contributed by atoms with Gasteiger partial charge in [-0.05, 0) is 58.5 Å². The van der Waals surface area contributed by atoms with Gasteiger partial charge in [0, 0.05) is 35.0 Å². The molecule has 2 aromatic carbocycles. The Morgan fingerprint density at radius 1 is 1.13 bits per heavy atom. The fraction of sp³-hybridized carbons (Fsp3) is 0.200. The van der Waals surface area contributed by atoms with Crippen LogP contribution in [-0.4, -0.2) is 38.3 Å². The molecule has 0 aliphatic heterocycles. The molecular weight excluding hydrogens is 654 g/mol. The number of hydrogen-bond donors (Lipinski definition) is 0. The van der Waals surface area contributed by atoms with Crippen LogP contribution in [0, 0.1) is 0 Å². The summed E-state index contributed by atoms with van der Waals surface area (Å²) in [6.07, 6.45) is -1.67. The van der Waals surface area contributed by atoms with Crippen LogP contribution in [0.3, 0.4) is 0 Å². The molecule has 0 radical (unpaired) electrons. The molecule has 0 aliphatic rings. The van der Waals surface area contributed by atoms with Gasteiger partial charge in [0.25, 0.3) is 5.56 Å². The number of fused-ring (bicyclic) bond motifs is 1. The molecule has 0 saturated carbocycles. The van der Waals surface area contributed by atoms with E-state index < -0.39 is 23.4 Å². The van der Waals surface area contributed by atoms with Crippen molar-refractivity contribution in [2.75, 3.05) is 7.05 Å². The second-order valence-electron chi connectivity index (χ2n) is 8.16. The maximum Gasteiger partial charge on any atom is 0.573 e. The Balaban J connectivity index is 1.89. The third kappa shape index (κ3) is 6.71. The minimum absolute atomic E-state index is 0.00678. The summed E-state index contributed by atoms with van der Waals surface area (Å²) in [5, 5.41) is 0.508. The van der Waals surface area contributed by atoms with E-state index in [-0.39, 0.29) is 36.0 Å². The van der Waals surface area contributed by atoms with Crippen LogP contribution >= 0.6 is 34.2 Å². The van der Waals surface area contributed by atoms with Crippen molar-refractivity contribution < 1.29 is 22.6 Å². The fourth-order valence-corrected chi connectivity index (χ4v) is 4.32. The topological polar surface area (TPSA) is 92.6 Å². The molecule has 0 unspecified atom stereocenters. The van der Waals surface area contributed by atoms with Crippen LogP contribution in [0.25, 0.3) is 11.2 Å². The molecule has 0 N–H and O–H groups in total. The Morgan fingerprint density at radius 3 is 2.49 bits per heavy atom. The van der Waals surface area contributed by atoms with Crippen LogP contribution in [0.15, 0.2) is 72.8 Å². The Hall–Kier alpha value is -3.59. The summed E-state index contributed by atoms with van der Waals surface area (Å²) in [7, 11) is 3.06. The molecule has 0 spiro atoms. The molecule has 9 nitrogen and oxygen atoms in total. The summed E-state index contributed by atoms with van der Waals surface area (Å²) in [6.45, 7) is 0.0811. The first-order chi connectivity index (χ1) is 18.5. The zero-order valence-electron chi connectivity index (χ0n) is 20.4. The second kappa shape index (κ2) is 11.7. The van der Waals surface area contributed by atoms with Crippen LogP contribution in [-0.2, 0) is 20.1 Å². The highest BCUT2D eigenvalue weighted by atomic mass is 127. The van der Waals surface area contributed by atoms with E-state index in [0.717, 1.165) is 22.3 Å². The number of ether oxygens (including phenoxy) is 2. The van der Waals surface area contributed by atoms with Crippen molar-refractivity contribution >= 4 is 51.6 Å². The quantitative estimate of drug-likeness (QED) is 0.187. The van der Waals surface area contributed by atoms with Crippen molar-refractivity contribution in [1.29, 1.82) is 0 Å². The normalized spacial score (nSPS) is 12.4. The van der Waals surface area contributed by atoms with Gasteiger partial charge in [0.1, 0.15) is 11.5 Å². The van der Waals surface area contributed by atoms with Crippen molar-refractivity contribution in [1.82, 2.24) is 18.7 Å².